The van der Waals surface area contributed by atoms with Gasteiger partial charge in [-0.05, 0) is 51.0 Å². The van der Waals surface area contributed by atoms with Crippen LogP contribution in [-0.2, 0) is 33.4 Å². The van der Waals surface area contributed by atoms with E-state index in [4.69, 9.17) is 19.9 Å². The number of nitrogens with two attached hydrogens (primary N) is 1. The molecule has 0 aromatic heterocycles. The summed E-state index contributed by atoms with van der Waals surface area (Å²) in [6, 6.07) is -0.128. The molecule has 0 radical (unpaired) electrons. The van der Waals surface area contributed by atoms with Crippen molar-refractivity contribution in [1.29, 1.82) is 0 Å². The minimum Gasteiger partial charge on any atom is -0.439 e. The number of methoxy groups -OCH3 is 2. The number of hydrogen-bond donors (Lipinski definition) is 4. The van der Waals surface area contributed by atoms with Crippen LogP contribution in [0.2, 0.25) is 0 Å². The number of allylic oxidation sites excluding steroid dienone is 4. The Morgan fingerprint density at radius 3 is 2.33 bits per heavy atom. The van der Waals surface area contributed by atoms with Crippen molar-refractivity contribution in [1.82, 2.24) is 15.5 Å². The normalized spacial score (nSPS) is 31.5. The SMILES string of the molecule is CO[C@H]1/C=C\C=C(/C)C(=O)NC2=CC(=O)C(NC3CCN(C(C)=O)CC3)=C(C[C@@H](C)C[C@H](OC)[C@H](O)[C@@H](C)/C=C(\C)[C@@H]1OC(N)=O)C2=O. The van der Waals surface area contributed by atoms with Gasteiger partial charge in [0, 0.05) is 63.4 Å². The van der Waals surface area contributed by atoms with E-state index in [0.717, 1.165) is 6.08 Å². The Morgan fingerprint density at radius 2 is 1.75 bits per heavy atom. The summed E-state index contributed by atoms with van der Waals surface area (Å²) in [6.45, 7) is 9.58. The predicted molar refractivity (Wildman–Crippen MR) is 178 cm³/mol. The first-order valence-corrected chi connectivity index (χ1v) is 16.3. The maximum absolute atomic E-state index is 13.9. The average Bonchev–Trinajstić information content (AvgIpc) is 3.04. The van der Waals surface area contributed by atoms with E-state index in [1.54, 1.807) is 43.9 Å². The Morgan fingerprint density at radius 1 is 1.08 bits per heavy atom. The van der Waals surface area contributed by atoms with Crippen LogP contribution in [0.4, 0.5) is 4.79 Å². The fourth-order valence-electron chi connectivity index (χ4n) is 6.29. The number of hydrogen-bond acceptors (Lipinski definition) is 10. The Kier molecular flexibility index (Phi) is 13.9. The van der Waals surface area contributed by atoms with Crippen LogP contribution in [0.3, 0.4) is 0 Å². The van der Waals surface area contributed by atoms with Gasteiger partial charge in [0.2, 0.25) is 17.5 Å². The van der Waals surface area contributed by atoms with Crippen LogP contribution >= 0.6 is 0 Å². The van der Waals surface area contributed by atoms with Crippen LogP contribution in [-0.4, -0.2) is 97.2 Å². The number of aliphatic hydroxyl groups is 1. The number of carbonyl (C=O) groups excluding carboxylic acids is 5. The molecular formula is C35H50N4O9. The van der Waals surface area contributed by atoms with Crippen LogP contribution in [0.25, 0.3) is 0 Å². The molecule has 3 rings (SSSR count). The number of fused-ring (bicyclic) bond motifs is 2. The second-order valence-corrected chi connectivity index (χ2v) is 12.9. The molecule has 2 bridgehead atoms. The number of primary amides is 1. The first kappa shape index (κ1) is 38.4. The molecule has 13 heteroatoms. The molecule has 48 heavy (non-hydrogen) atoms. The van der Waals surface area contributed by atoms with Gasteiger partial charge < -0.3 is 40.6 Å². The van der Waals surface area contributed by atoms with E-state index in [9.17, 15) is 29.1 Å². The first-order valence-electron chi connectivity index (χ1n) is 16.3. The highest BCUT2D eigenvalue weighted by atomic mass is 16.6. The van der Waals surface area contributed by atoms with Crippen molar-refractivity contribution in [2.24, 2.45) is 17.6 Å². The van der Waals surface area contributed by atoms with Crippen molar-refractivity contribution in [3.63, 3.8) is 0 Å². The van der Waals surface area contributed by atoms with Gasteiger partial charge in [-0.15, -0.1) is 0 Å². The summed E-state index contributed by atoms with van der Waals surface area (Å²) in [5.41, 5.74) is 6.46. The Balaban J connectivity index is 2.04. The van der Waals surface area contributed by atoms with Crippen molar-refractivity contribution in [2.75, 3.05) is 27.3 Å². The topological polar surface area (TPSA) is 187 Å². The van der Waals surface area contributed by atoms with Crippen LogP contribution in [0.15, 0.2) is 58.5 Å². The third kappa shape index (κ3) is 9.97. The summed E-state index contributed by atoms with van der Waals surface area (Å²) >= 11 is 0. The largest absolute Gasteiger partial charge is 0.439 e. The molecule has 1 fully saturated rings. The van der Waals surface area contributed by atoms with Gasteiger partial charge in [-0.25, -0.2) is 4.79 Å². The molecular weight excluding hydrogens is 620 g/mol. The fourth-order valence-corrected chi connectivity index (χ4v) is 6.29. The van der Waals surface area contributed by atoms with E-state index in [-0.39, 0.29) is 46.8 Å². The maximum atomic E-state index is 13.9. The van der Waals surface area contributed by atoms with Gasteiger partial charge in [0.25, 0.3) is 5.91 Å². The van der Waals surface area contributed by atoms with Gasteiger partial charge in [-0.2, -0.15) is 0 Å². The monoisotopic (exact) mass is 670 g/mol. The number of rotatable bonds is 5. The Hall–Kier alpha value is -4.07. The molecule has 1 aliphatic carbocycles. The zero-order chi connectivity index (χ0) is 35.7. The number of aliphatic hydroxyl groups excluding tert-OH is 1. The van der Waals surface area contributed by atoms with Gasteiger partial charge in [0.05, 0.1) is 23.6 Å². The van der Waals surface area contributed by atoms with Crippen molar-refractivity contribution >= 4 is 29.5 Å². The average molecular weight is 671 g/mol. The third-order valence-corrected chi connectivity index (χ3v) is 9.08. The summed E-state index contributed by atoms with van der Waals surface area (Å²) in [6.07, 6.45) is 4.90. The quantitative estimate of drug-likeness (QED) is 0.250. The summed E-state index contributed by atoms with van der Waals surface area (Å²) in [4.78, 5) is 66.0. The van der Waals surface area contributed by atoms with Gasteiger partial charge in [-0.1, -0.05) is 38.2 Å². The highest BCUT2D eigenvalue weighted by Crippen LogP contribution is 2.29. The molecule has 264 valence electrons. The number of piperidine rings is 1. The van der Waals surface area contributed by atoms with Crippen LogP contribution < -0.4 is 16.4 Å². The number of nitrogens with zero attached hydrogens (tertiary/aromatic N) is 1. The predicted octanol–water partition coefficient (Wildman–Crippen LogP) is 2.36. The summed E-state index contributed by atoms with van der Waals surface area (Å²) in [5.74, 6) is -2.21. The molecule has 0 unspecified atom stereocenters. The molecule has 6 atom stereocenters. The number of likely N-dealkylation sites (tertiary alicyclic amines) is 1. The molecule has 0 saturated carbocycles. The lowest BCUT2D eigenvalue weighted by molar-refractivity contribution is -0.130. The zero-order valence-corrected chi connectivity index (χ0v) is 28.9. The lowest BCUT2D eigenvalue weighted by atomic mass is 9.84. The molecule has 13 nitrogen and oxygen atoms in total. The van der Waals surface area contributed by atoms with Crippen LogP contribution in [0.1, 0.15) is 60.3 Å². The van der Waals surface area contributed by atoms with Gasteiger partial charge in [0.15, 0.2) is 6.10 Å². The van der Waals surface area contributed by atoms with Gasteiger partial charge in [-0.3, -0.25) is 19.2 Å². The van der Waals surface area contributed by atoms with Crippen molar-refractivity contribution in [2.45, 2.75) is 90.8 Å². The fraction of sp³-hybridized carbons (Fsp3) is 0.571. The molecule has 2 heterocycles. The van der Waals surface area contributed by atoms with Crippen LogP contribution in [0, 0.1) is 11.8 Å². The minimum absolute atomic E-state index is 0.0111. The zero-order valence-electron chi connectivity index (χ0n) is 28.9. The lowest BCUT2D eigenvalue weighted by Gasteiger charge is -2.34. The molecule has 3 aliphatic rings. The maximum Gasteiger partial charge on any atom is 0.405 e. The van der Waals surface area contributed by atoms with E-state index >= 15 is 0 Å². The first-order chi connectivity index (χ1) is 22.7. The van der Waals surface area contributed by atoms with E-state index in [1.165, 1.54) is 27.2 Å². The number of ether oxygens (including phenoxy) is 3. The second-order valence-electron chi connectivity index (χ2n) is 12.9. The number of ketones is 2. The van der Waals surface area contributed by atoms with E-state index in [2.05, 4.69) is 10.6 Å². The Bertz CT molecular complexity index is 1400. The number of nitrogens with one attached hydrogen (secondary N) is 2. The summed E-state index contributed by atoms with van der Waals surface area (Å²) in [5, 5.41) is 17.3. The van der Waals surface area contributed by atoms with Crippen molar-refractivity contribution < 1.29 is 43.3 Å². The molecule has 1 saturated heterocycles. The van der Waals surface area contributed by atoms with E-state index in [1.807, 2.05) is 6.92 Å². The van der Waals surface area contributed by atoms with E-state index < -0.39 is 53.9 Å². The molecule has 2 aliphatic heterocycles. The number of carbonyl (C=O) groups is 5. The lowest BCUT2D eigenvalue weighted by Crippen LogP contribution is -2.46. The number of amides is 3. The smallest absolute Gasteiger partial charge is 0.405 e. The highest BCUT2D eigenvalue weighted by Gasteiger charge is 2.35. The molecule has 3 amide bonds. The summed E-state index contributed by atoms with van der Waals surface area (Å²) < 4.78 is 16.7. The van der Waals surface area contributed by atoms with Crippen LogP contribution in [0.5, 0.6) is 0 Å². The molecule has 0 spiro atoms. The second kappa shape index (κ2) is 17.4. The van der Waals surface area contributed by atoms with Crippen molar-refractivity contribution in [3.8, 4) is 0 Å². The third-order valence-electron chi connectivity index (χ3n) is 9.08. The van der Waals surface area contributed by atoms with E-state index in [0.29, 0.717) is 37.9 Å². The summed E-state index contributed by atoms with van der Waals surface area (Å²) in [7, 11) is 2.92. The van der Waals surface area contributed by atoms with Gasteiger partial charge >= 0.3 is 6.09 Å². The number of Topliss-reactive ketones (excluding diaryl/α,β-unsaturated/α-hetero) is 1. The molecule has 5 N–H and O–H groups in total. The Labute approximate surface area is 282 Å². The minimum atomic E-state index is -1.01. The van der Waals surface area contributed by atoms with Crippen molar-refractivity contribution in [3.05, 3.63) is 58.5 Å². The molecule has 0 aromatic carbocycles. The molecule has 0 aromatic rings. The highest BCUT2D eigenvalue weighted by molar-refractivity contribution is 6.23. The standard InChI is InChI=1S/C35H50N4O9/c1-19-15-25-30(37-24-11-13-39(14-12-24)23(5)40)27(41)18-26(32(25)43)38-34(44)20(2)9-8-10-28(46-6)33(48-35(36)45)22(4)17-21(3)31(42)29(16-19)47-7/h8-10,17-19,21,24,28-29,31,33,37,42H,11-16H2,1-7H3,(H2,36,45)(H,38,44)/b10-8-,20-9+,22-17+/t19-,21+,28+,29+,31-,33+/m1/s1. The van der Waals surface area contributed by atoms with Gasteiger partial charge in [0.1, 0.15) is 6.10 Å².